The number of phenols is 1. The van der Waals surface area contributed by atoms with Crippen LogP contribution in [-0.2, 0) is 0 Å². The Morgan fingerprint density at radius 2 is 1.37 bits per heavy atom. The predicted molar refractivity (Wildman–Crippen MR) is 56.4 cm³/mol. The van der Waals surface area contributed by atoms with Gasteiger partial charge in [0.05, 0.1) is 5.69 Å². The summed E-state index contributed by atoms with van der Waals surface area (Å²) in [6.07, 6.45) is 0. The van der Waals surface area contributed by atoms with Crippen molar-refractivity contribution in [3.8, 4) is 5.75 Å². The van der Waals surface area contributed by atoms with Crippen LogP contribution in [0.4, 0.5) is 28.9 Å². The van der Waals surface area contributed by atoms with Crippen molar-refractivity contribution in [2.24, 2.45) is 10.2 Å². The van der Waals surface area contributed by atoms with Gasteiger partial charge in [-0.25, -0.2) is 0 Å². The van der Waals surface area contributed by atoms with E-state index in [4.69, 9.17) is 5.11 Å². The van der Waals surface area contributed by atoms with Crippen LogP contribution in [-0.4, -0.2) is 10.1 Å². The fourth-order valence-corrected chi connectivity index (χ4v) is 1.19. The average Bonchev–Trinajstić information content (AvgIpc) is 2.38. The summed E-state index contributed by atoms with van der Waals surface area (Å²) in [7, 11) is 0. The van der Waals surface area contributed by atoms with Crippen LogP contribution in [0.25, 0.3) is 0 Å². The largest absolute Gasteiger partial charge is 0.508 e. The van der Waals surface area contributed by atoms with Crippen molar-refractivity contribution in [2.75, 3.05) is 0 Å². The molecule has 0 amide bonds. The Morgan fingerprint density at radius 3 is 1.89 bits per heavy atom. The fourth-order valence-electron chi connectivity index (χ4n) is 1.19. The number of phenolic OH excluding ortho intramolecular Hbond substituents is 1. The van der Waals surface area contributed by atoms with Crippen LogP contribution >= 0.6 is 0 Å². The summed E-state index contributed by atoms with van der Waals surface area (Å²) < 4.78 is 51.9. The molecule has 1 heterocycles. The molecule has 0 bridgehead atoms. The maximum atomic E-state index is 13.2. The zero-order valence-corrected chi connectivity index (χ0v) is 9.11. The first kappa shape index (κ1) is 12.9. The number of halogens is 4. The van der Waals surface area contributed by atoms with Gasteiger partial charge in [0.1, 0.15) is 5.75 Å². The highest BCUT2D eigenvalue weighted by Crippen LogP contribution is 2.27. The van der Waals surface area contributed by atoms with Gasteiger partial charge >= 0.3 is 0 Å². The van der Waals surface area contributed by atoms with E-state index in [1.807, 2.05) is 0 Å². The van der Waals surface area contributed by atoms with E-state index < -0.39 is 29.2 Å². The maximum Gasteiger partial charge on any atom is 0.254 e. The van der Waals surface area contributed by atoms with Crippen molar-refractivity contribution in [2.45, 2.75) is 0 Å². The molecule has 0 radical (unpaired) electrons. The second kappa shape index (κ2) is 5.01. The zero-order chi connectivity index (χ0) is 14.0. The van der Waals surface area contributed by atoms with Crippen molar-refractivity contribution in [1.29, 1.82) is 0 Å². The minimum absolute atomic E-state index is 0.0442. The standard InChI is InChI=1S/C11H5F4N3O/c12-7-9(8(13)11(15)16-10(7)14)18-17-5-1-3-6(19)4-2-5/h1-4,19H. The number of hydrogen-bond donors (Lipinski definition) is 1. The maximum absolute atomic E-state index is 13.2. The van der Waals surface area contributed by atoms with Crippen LogP contribution < -0.4 is 0 Å². The van der Waals surface area contributed by atoms with Crippen molar-refractivity contribution >= 4 is 11.4 Å². The number of azo groups is 1. The summed E-state index contributed by atoms with van der Waals surface area (Å²) >= 11 is 0. The number of hydrogen-bond acceptors (Lipinski definition) is 4. The molecule has 4 nitrogen and oxygen atoms in total. The van der Waals surface area contributed by atoms with Crippen molar-refractivity contribution < 1.29 is 22.7 Å². The summed E-state index contributed by atoms with van der Waals surface area (Å²) in [5, 5.41) is 15.5. The number of nitrogens with zero attached hydrogens (tertiary/aromatic N) is 3. The van der Waals surface area contributed by atoms with Crippen molar-refractivity contribution in [3.63, 3.8) is 0 Å². The normalized spacial score (nSPS) is 11.2. The van der Waals surface area contributed by atoms with Crippen LogP contribution in [0.3, 0.4) is 0 Å². The first-order valence-corrected chi connectivity index (χ1v) is 4.90. The Kier molecular flexibility index (Phi) is 3.41. The Hall–Kier alpha value is -2.51. The van der Waals surface area contributed by atoms with Gasteiger partial charge < -0.3 is 5.11 Å². The molecule has 2 aromatic rings. The zero-order valence-electron chi connectivity index (χ0n) is 9.11. The minimum atomic E-state index is -1.81. The van der Waals surface area contributed by atoms with Gasteiger partial charge in [-0.05, 0) is 24.3 Å². The number of aromatic nitrogens is 1. The number of benzene rings is 1. The first-order valence-electron chi connectivity index (χ1n) is 4.90. The van der Waals surface area contributed by atoms with E-state index >= 15 is 0 Å². The molecule has 0 aliphatic heterocycles. The third-order valence-corrected chi connectivity index (χ3v) is 2.09. The molecule has 0 saturated carbocycles. The summed E-state index contributed by atoms with van der Waals surface area (Å²) in [5.41, 5.74) is -1.08. The average molecular weight is 271 g/mol. The molecule has 0 atom stereocenters. The second-order valence-corrected chi connectivity index (χ2v) is 3.39. The monoisotopic (exact) mass is 271 g/mol. The molecular weight excluding hydrogens is 266 g/mol. The Balaban J connectivity index is 2.41. The smallest absolute Gasteiger partial charge is 0.254 e. The third kappa shape index (κ3) is 2.67. The SMILES string of the molecule is Oc1ccc(N=Nc2c(F)c(F)nc(F)c2F)cc1. The molecule has 1 N–H and O–H groups in total. The van der Waals surface area contributed by atoms with Crippen molar-refractivity contribution in [1.82, 2.24) is 4.98 Å². The number of rotatable bonds is 2. The molecule has 0 unspecified atom stereocenters. The van der Waals surface area contributed by atoms with Gasteiger partial charge in [-0.2, -0.15) is 27.7 Å². The highest BCUT2D eigenvalue weighted by Gasteiger charge is 2.20. The van der Waals surface area contributed by atoms with Crippen LogP contribution in [0.5, 0.6) is 5.75 Å². The Morgan fingerprint density at radius 1 is 0.842 bits per heavy atom. The molecule has 2 rings (SSSR count). The van der Waals surface area contributed by atoms with Gasteiger partial charge in [-0.3, -0.25) is 0 Å². The lowest BCUT2D eigenvalue weighted by molar-refractivity contribution is 0.409. The van der Waals surface area contributed by atoms with Crippen LogP contribution in [0.2, 0.25) is 0 Å². The molecule has 1 aromatic carbocycles. The fraction of sp³-hybridized carbons (Fsp3) is 0. The number of aromatic hydroxyl groups is 1. The van der Waals surface area contributed by atoms with Crippen LogP contribution in [0.1, 0.15) is 0 Å². The summed E-state index contributed by atoms with van der Waals surface area (Å²) in [5.74, 6) is -7.13. The van der Waals surface area contributed by atoms with Gasteiger partial charge in [0, 0.05) is 0 Å². The summed E-state index contributed by atoms with van der Waals surface area (Å²) in [6.45, 7) is 0. The minimum Gasteiger partial charge on any atom is -0.508 e. The molecule has 0 aliphatic carbocycles. The van der Waals surface area contributed by atoms with Gasteiger partial charge in [0.15, 0.2) is 5.69 Å². The van der Waals surface area contributed by atoms with Crippen molar-refractivity contribution in [3.05, 3.63) is 47.8 Å². The highest BCUT2D eigenvalue weighted by atomic mass is 19.2. The van der Waals surface area contributed by atoms with E-state index in [0.29, 0.717) is 0 Å². The van der Waals surface area contributed by atoms with Gasteiger partial charge in [-0.1, -0.05) is 0 Å². The van der Waals surface area contributed by atoms with E-state index in [-0.39, 0.29) is 11.4 Å². The van der Waals surface area contributed by atoms with E-state index in [1.54, 1.807) is 0 Å². The molecule has 8 heteroatoms. The first-order chi connectivity index (χ1) is 8.99. The lowest BCUT2D eigenvalue weighted by Crippen LogP contribution is -1.98. The molecule has 0 aliphatic rings. The quantitative estimate of drug-likeness (QED) is 0.513. The molecule has 0 saturated heterocycles. The topological polar surface area (TPSA) is 57.8 Å². The molecule has 19 heavy (non-hydrogen) atoms. The van der Waals surface area contributed by atoms with Gasteiger partial charge in [0.25, 0.3) is 11.9 Å². The lowest BCUT2D eigenvalue weighted by atomic mass is 10.3. The van der Waals surface area contributed by atoms with E-state index in [9.17, 15) is 17.6 Å². The predicted octanol–water partition coefficient (Wildman–Crippen LogP) is 3.76. The van der Waals surface area contributed by atoms with Crippen LogP contribution in [0.15, 0.2) is 34.5 Å². The molecule has 0 spiro atoms. The molecule has 0 fully saturated rings. The van der Waals surface area contributed by atoms with Crippen LogP contribution in [0, 0.1) is 23.5 Å². The van der Waals surface area contributed by atoms with E-state index in [2.05, 4.69) is 15.2 Å². The molecule has 98 valence electrons. The summed E-state index contributed by atoms with van der Waals surface area (Å²) in [6, 6.07) is 5.11. The van der Waals surface area contributed by atoms with E-state index in [0.717, 1.165) is 0 Å². The van der Waals surface area contributed by atoms with Gasteiger partial charge in [0.2, 0.25) is 11.6 Å². The molecular formula is C11H5F4N3O. The van der Waals surface area contributed by atoms with E-state index in [1.165, 1.54) is 24.3 Å². The summed E-state index contributed by atoms with van der Waals surface area (Å²) in [4.78, 5) is 2.38. The second-order valence-electron chi connectivity index (χ2n) is 3.39. The lowest BCUT2D eigenvalue weighted by Gasteiger charge is -1.99. The Labute approximate surface area is 104 Å². The molecule has 1 aromatic heterocycles. The number of pyridine rings is 1. The third-order valence-electron chi connectivity index (χ3n) is 2.09. The van der Waals surface area contributed by atoms with Gasteiger partial charge in [-0.15, -0.1) is 5.11 Å². The highest BCUT2D eigenvalue weighted by molar-refractivity contribution is 5.43. The Bertz CT molecular complexity index is 617.